The molecule has 0 aromatic heterocycles. The first-order chi connectivity index (χ1) is 13.1. The first kappa shape index (κ1) is 20.0. The molecule has 0 radical (unpaired) electrons. The summed E-state index contributed by atoms with van der Waals surface area (Å²) in [5.74, 6) is -1.48. The summed E-state index contributed by atoms with van der Waals surface area (Å²) in [6.07, 6.45) is 1.74. The molecular formula is C21H22N2O4. The van der Waals surface area contributed by atoms with Gasteiger partial charge in [-0.3, -0.25) is 0 Å². The number of nitrogens with one attached hydrogen (secondary N) is 1. The number of allylic oxidation sites excluding steroid dienone is 1. The lowest BCUT2D eigenvalue weighted by Gasteiger charge is -2.15. The van der Waals surface area contributed by atoms with Crippen molar-refractivity contribution in [2.75, 3.05) is 13.2 Å². The van der Waals surface area contributed by atoms with Crippen molar-refractivity contribution in [3.05, 3.63) is 59.8 Å². The van der Waals surface area contributed by atoms with E-state index in [-0.39, 0.29) is 13.2 Å². The number of rotatable bonds is 8. The average Bonchev–Trinajstić information content (AvgIpc) is 2.67. The van der Waals surface area contributed by atoms with Crippen molar-refractivity contribution in [1.82, 2.24) is 5.32 Å². The molecule has 2 aromatic rings. The highest BCUT2D eigenvalue weighted by molar-refractivity contribution is 5.99. The molecule has 0 aliphatic rings. The standard InChI is InChI=1S/C21H22N2O4/c1-3-26-20(24)19(21(25)27-4-2)23-14-15(13-22)12-17-10-7-9-16-8-5-6-11-18(16)17/h5-11,14,19,23H,3-4,12H2,1-2H3/b15-14-. The summed E-state index contributed by atoms with van der Waals surface area (Å²) in [5.41, 5.74) is 1.36. The Morgan fingerprint density at radius 2 is 1.70 bits per heavy atom. The van der Waals surface area contributed by atoms with Gasteiger partial charge in [0.1, 0.15) is 0 Å². The van der Waals surface area contributed by atoms with Gasteiger partial charge in [0.2, 0.25) is 6.04 Å². The van der Waals surface area contributed by atoms with Crippen LogP contribution in [0.2, 0.25) is 0 Å². The van der Waals surface area contributed by atoms with E-state index in [0.29, 0.717) is 12.0 Å². The Labute approximate surface area is 158 Å². The SMILES string of the molecule is CCOC(=O)C(N/C=C(\C#N)Cc1cccc2ccccc12)C(=O)OCC. The van der Waals surface area contributed by atoms with E-state index in [2.05, 4.69) is 11.4 Å². The number of nitriles is 1. The van der Waals surface area contributed by atoms with Crippen molar-refractivity contribution in [3.8, 4) is 6.07 Å². The topological polar surface area (TPSA) is 88.4 Å². The summed E-state index contributed by atoms with van der Waals surface area (Å²) in [7, 11) is 0. The molecule has 0 heterocycles. The van der Waals surface area contributed by atoms with Crippen LogP contribution in [0.15, 0.2) is 54.2 Å². The highest BCUT2D eigenvalue weighted by Crippen LogP contribution is 2.20. The first-order valence-corrected chi connectivity index (χ1v) is 8.75. The molecule has 2 rings (SSSR count). The van der Waals surface area contributed by atoms with Gasteiger partial charge in [-0.15, -0.1) is 0 Å². The van der Waals surface area contributed by atoms with Gasteiger partial charge in [0.15, 0.2) is 0 Å². The molecule has 27 heavy (non-hydrogen) atoms. The number of nitrogens with zero attached hydrogens (tertiary/aromatic N) is 1. The number of fused-ring (bicyclic) bond motifs is 1. The maximum absolute atomic E-state index is 12.0. The van der Waals surface area contributed by atoms with E-state index in [0.717, 1.165) is 16.3 Å². The van der Waals surface area contributed by atoms with Crippen molar-refractivity contribution in [2.24, 2.45) is 0 Å². The van der Waals surface area contributed by atoms with Crippen LogP contribution in [0.4, 0.5) is 0 Å². The van der Waals surface area contributed by atoms with Crippen LogP contribution < -0.4 is 5.32 Å². The Morgan fingerprint density at radius 3 is 2.33 bits per heavy atom. The van der Waals surface area contributed by atoms with E-state index in [4.69, 9.17) is 9.47 Å². The fraction of sp³-hybridized carbons (Fsp3) is 0.286. The molecule has 140 valence electrons. The summed E-state index contributed by atoms with van der Waals surface area (Å²) in [6, 6.07) is 14.6. The third-order valence-corrected chi connectivity index (χ3v) is 3.87. The quantitative estimate of drug-likeness (QED) is 0.439. The van der Waals surface area contributed by atoms with Gasteiger partial charge in [0.05, 0.1) is 19.3 Å². The van der Waals surface area contributed by atoms with Gasteiger partial charge in [-0.1, -0.05) is 42.5 Å². The normalized spacial score (nSPS) is 11.1. The minimum atomic E-state index is -1.30. The highest BCUT2D eigenvalue weighted by Gasteiger charge is 2.28. The molecule has 0 bridgehead atoms. The van der Waals surface area contributed by atoms with Crippen LogP contribution in [0.25, 0.3) is 10.8 Å². The monoisotopic (exact) mass is 366 g/mol. The fourth-order valence-electron chi connectivity index (χ4n) is 2.64. The Hall–Kier alpha value is -3.33. The van der Waals surface area contributed by atoms with Crippen LogP contribution in [0.5, 0.6) is 0 Å². The number of esters is 2. The highest BCUT2D eigenvalue weighted by atomic mass is 16.6. The lowest BCUT2D eigenvalue weighted by molar-refractivity contribution is -0.157. The van der Waals surface area contributed by atoms with E-state index >= 15 is 0 Å². The molecule has 0 saturated heterocycles. The zero-order valence-electron chi connectivity index (χ0n) is 15.4. The van der Waals surface area contributed by atoms with Gasteiger partial charge in [-0.25, -0.2) is 9.59 Å². The molecule has 0 aliphatic carbocycles. The number of hydrogen-bond donors (Lipinski definition) is 1. The molecule has 0 amide bonds. The van der Waals surface area contributed by atoms with Crippen LogP contribution in [0, 0.1) is 11.3 Å². The fourth-order valence-corrected chi connectivity index (χ4v) is 2.64. The Morgan fingerprint density at radius 1 is 1.07 bits per heavy atom. The number of carbonyl (C=O) groups is 2. The average molecular weight is 366 g/mol. The molecule has 6 nitrogen and oxygen atoms in total. The maximum atomic E-state index is 12.0. The lowest BCUT2D eigenvalue weighted by atomic mass is 9.99. The van der Waals surface area contributed by atoms with E-state index in [1.165, 1.54) is 6.20 Å². The van der Waals surface area contributed by atoms with E-state index in [1.807, 2.05) is 42.5 Å². The third-order valence-electron chi connectivity index (χ3n) is 3.87. The summed E-state index contributed by atoms with van der Waals surface area (Å²) >= 11 is 0. The van der Waals surface area contributed by atoms with Gasteiger partial charge in [0, 0.05) is 18.2 Å². The Balaban J connectivity index is 2.21. The molecule has 2 aromatic carbocycles. The van der Waals surface area contributed by atoms with Gasteiger partial charge in [-0.2, -0.15) is 5.26 Å². The molecule has 0 atom stereocenters. The zero-order chi connectivity index (χ0) is 19.6. The molecule has 0 saturated carbocycles. The van der Waals surface area contributed by atoms with Crippen LogP contribution >= 0.6 is 0 Å². The number of carbonyl (C=O) groups excluding carboxylic acids is 2. The van der Waals surface area contributed by atoms with Crippen molar-refractivity contribution < 1.29 is 19.1 Å². The summed E-state index contributed by atoms with van der Waals surface area (Å²) in [5, 5.41) is 14.3. The molecule has 0 unspecified atom stereocenters. The first-order valence-electron chi connectivity index (χ1n) is 8.75. The molecule has 0 spiro atoms. The predicted octanol–water partition coefficient (Wildman–Crippen LogP) is 2.87. The Kier molecular flexibility index (Phi) is 7.38. The van der Waals surface area contributed by atoms with Crippen molar-refractivity contribution in [3.63, 3.8) is 0 Å². The smallest absolute Gasteiger partial charge is 0.340 e. The maximum Gasteiger partial charge on any atom is 0.340 e. The number of ether oxygens (including phenoxy) is 2. The third kappa shape index (κ3) is 5.32. The molecule has 0 aliphatic heterocycles. The van der Waals surface area contributed by atoms with Crippen LogP contribution in [0.3, 0.4) is 0 Å². The van der Waals surface area contributed by atoms with Crippen molar-refractivity contribution in [2.45, 2.75) is 26.3 Å². The zero-order valence-corrected chi connectivity index (χ0v) is 15.4. The van der Waals surface area contributed by atoms with Gasteiger partial charge < -0.3 is 14.8 Å². The Bertz CT molecular complexity index is 860. The minimum Gasteiger partial charge on any atom is -0.464 e. The largest absolute Gasteiger partial charge is 0.464 e. The molecule has 0 fully saturated rings. The minimum absolute atomic E-state index is 0.140. The van der Waals surface area contributed by atoms with Crippen molar-refractivity contribution in [1.29, 1.82) is 5.26 Å². The molecule has 6 heteroatoms. The number of hydrogen-bond acceptors (Lipinski definition) is 6. The van der Waals surface area contributed by atoms with Crippen LogP contribution in [-0.4, -0.2) is 31.2 Å². The second-order valence-electron chi connectivity index (χ2n) is 5.70. The van der Waals surface area contributed by atoms with Crippen LogP contribution in [0.1, 0.15) is 19.4 Å². The van der Waals surface area contributed by atoms with Gasteiger partial charge in [0.25, 0.3) is 0 Å². The summed E-state index contributed by atoms with van der Waals surface area (Å²) in [6.45, 7) is 3.58. The summed E-state index contributed by atoms with van der Waals surface area (Å²) < 4.78 is 9.80. The van der Waals surface area contributed by atoms with E-state index in [1.54, 1.807) is 13.8 Å². The predicted molar refractivity (Wildman–Crippen MR) is 102 cm³/mol. The second kappa shape index (κ2) is 9.97. The van der Waals surface area contributed by atoms with Crippen LogP contribution in [-0.2, 0) is 25.5 Å². The van der Waals surface area contributed by atoms with E-state index < -0.39 is 18.0 Å². The lowest BCUT2D eigenvalue weighted by Crippen LogP contribution is -2.43. The number of benzene rings is 2. The van der Waals surface area contributed by atoms with Crippen molar-refractivity contribution >= 4 is 22.7 Å². The molecular weight excluding hydrogens is 344 g/mol. The second-order valence-corrected chi connectivity index (χ2v) is 5.70. The summed E-state index contributed by atoms with van der Waals surface area (Å²) in [4.78, 5) is 24.0. The van der Waals surface area contributed by atoms with E-state index in [9.17, 15) is 14.9 Å². The molecule has 1 N–H and O–H groups in total. The van der Waals surface area contributed by atoms with Gasteiger partial charge >= 0.3 is 11.9 Å². The van der Waals surface area contributed by atoms with Gasteiger partial charge in [-0.05, 0) is 30.2 Å².